The highest BCUT2D eigenvalue weighted by Crippen LogP contribution is 2.33. The number of rotatable bonds is 6. The Hall–Kier alpha value is -2.57. The van der Waals surface area contributed by atoms with E-state index in [1.165, 1.54) is 4.90 Å². The zero-order valence-corrected chi connectivity index (χ0v) is 14.0. The number of aliphatic carboxylic acids is 1. The smallest absolute Gasteiger partial charge is 0.326 e. The Morgan fingerprint density at radius 1 is 1.33 bits per heavy atom. The molecule has 130 valence electrons. The van der Waals surface area contributed by atoms with Gasteiger partial charge in [-0.05, 0) is 25.0 Å². The van der Waals surface area contributed by atoms with E-state index in [0.29, 0.717) is 11.4 Å². The molecule has 0 saturated heterocycles. The number of ether oxygens (including phenoxy) is 1. The van der Waals surface area contributed by atoms with Crippen molar-refractivity contribution in [2.75, 3.05) is 11.4 Å². The van der Waals surface area contributed by atoms with Gasteiger partial charge >= 0.3 is 5.97 Å². The normalized spacial score (nSPS) is 17.9. The monoisotopic (exact) mass is 334 g/mol. The molecule has 2 N–H and O–H groups in total. The molecule has 1 aliphatic heterocycles. The van der Waals surface area contributed by atoms with Gasteiger partial charge < -0.3 is 20.1 Å². The first-order valence-electron chi connectivity index (χ1n) is 7.90. The van der Waals surface area contributed by atoms with Crippen LogP contribution in [-0.4, -0.2) is 41.6 Å². The molecule has 7 heteroatoms. The van der Waals surface area contributed by atoms with Crippen LogP contribution in [-0.2, 0) is 14.4 Å². The summed E-state index contributed by atoms with van der Waals surface area (Å²) in [4.78, 5) is 37.0. The van der Waals surface area contributed by atoms with Gasteiger partial charge in [-0.25, -0.2) is 4.79 Å². The van der Waals surface area contributed by atoms with Crippen molar-refractivity contribution in [2.24, 2.45) is 5.92 Å². The third-order valence-corrected chi connectivity index (χ3v) is 3.89. The average molecular weight is 334 g/mol. The Balaban J connectivity index is 2.04. The van der Waals surface area contributed by atoms with E-state index in [4.69, 9.17) is 9.84 Å². The topological polar surface area (TPSA) is 95.9 Å². The van der Waals surface area contributed by atoms with Gasteiger partial charge in [0.25, 0.3) is 5.91 Å². The molecule has 0 unspecified atom stereocenters. The van der Waals surface area contributed by atoms with Crippen LogP contribution in [0.5, 0.6) is 5.75 Å². The van der Waals surface area contributed by atoms with Gasteiger partial charge in [-0.3, -0.25) is 9.59 Å². The number of fused-ring (bicyclic) bond motifs is 1. The van der Waals surface area contributed by atoms with Crippen molar-refractivity contribution in [3.05, 3.63) is 24.3 Å². The van der Waals surface area contributed by atoms with Gasteiger partial charge in [-0.1, -0.05) is 26.0 Å². The summed E-state index contributed by atoms with van der Waals surface area (Å²) in [6.45, 7) is 5.27. The van der Waals surface area contributed by atoms with Crippen molar-refractivity contribution < 1.29 is 24.2 Å². The molecule has 7 nitrogen and oxygen atoms in total. The standard InChI is InChI=1S/C17H22N2O5/c1-10(2)15(17(22)23)18-14(20)8-9-19-12-6-4-5-7-13(12)24-11(3)16(19)21/h4-7,10-11,15H,8-9H2,1-3H3,(H,18,20)(H,22,23)/t11-,15-/m1/s1. The van der Waals surface area contributed by atoms with E-state index in [1.54, 1.807) is 39.0 Å². The van der Waals surface area contributed by atoms with Crippen LogP contribution in [0.4, 0.5) is 5.69 Å². The maximum Gasteiger partial charge on any atom is 0.326 e. The van der Waals surface area contributed by atoms with Crippen LogP contribution in [0.2, 0.25) is 0 Å². The summed E-state index contributed by atoms with van der Waals surface area (Å²) in [5.74, 6) is -1.33. The van der Waals surface area contributed by atoms with Crippen molar-refractivity contribution >= 4 is 23.5 Å². The fraction of sp³-hybridized carbons (Fsp3) is 0.471. The van der Waals surface area contributed by atoms with Gasteiger partial charge in [-0.15, -0.1) is 0 Å². The lowest BCUT2D eigenvalue weighted by molar-refractivity contribution is -0.143. The second-order valence-corrected chi connectivity index (χ2v) is 6.10. The van der Waals surface area contributed by atoms with Gasteiger partial charge in [0.2, 0.25) is 5.91 Å². The molecule has 0 aliphatic carbocycles. The molecule has 0 fully saturated rings. The molecule has 2 rings (SSSR count). The number of carboxylic acids is 1. The van der Waals surface area contributed by atoms with E-state index < -0.39 is 24.0 Å². The van der Waals surface area contributed by atoms with Gasteiger partial charge in [-0.2, -0.15) is 0 Å². The number of hydrogen-bond donors (Lipinski definition) is 2. The minimum Gasteiger partial charge on any atom is -0.480 e. The summed E-state index contributed by atoms with van der Waals surface area (Å²) >= 11 is 0. The summed E-state index contributed by atoms with van der Waals surface area (Å²) in [5.41, 5.74) is 0.618. The minimum absolute atomic E-state index is 0.0172. The molecule has 2 amide bonds. The third kappa shape index (κ3) is 3.84. The summed E-state index contributed by atoms with van der Waals surface area (Å²) in [6, 6.07) is 6.18. The number of anilines is 1. The summed E-state index contributed by atoms with van der Waals surface area (Å²) in [6.07, 6.45) is -0.603. The number of benzene rings is 1. The molecule has 0 bridgehead atoms. The maximum atomic E-state index is 12.3. The molecule has 1 aliphatic rings. The highest BCUT2D eigenvalue weighted by atomic mass is 16.5. The Bertz CT molecular complexity index is 644. The zero-order chi connectivity index (χ0) is 17.9. The second-order valence-electron chi connectivity index (χ2n) is 6.10. The fourth-order valence-electron chi connectivity index (χ4n) is 2.56. The molecule has 0 radical (unpaired) electrons. The number of carbonyl (C=O) groups is 3. The Morgan fingerprint density at radius 3 is 2.62 bits per heavy atom. The Morgan fingerprint density at radius 2 is 2.00 bits per heavy atom. The molecular formula is C17H22N2O5. The number of nitrogens with one attached hydrogen (secondary N) is 1. The van der Waals surface area contributed by atoms with Gasteiger partial charge in [0, 0.05) is 13.0 Å². The predicted molar refractivity (Wildman–Crippen MR) is 87.9 cm³/mol. The largest absolute Gasteiger partial charge is 0.480 e. The van der Waals surface area contributed by atoms with Gasteiger partial charge in [0.05, 0.1) is 5.69 Å². The van der Waals surface area contributed by atoms with Crippen LogP contribution < -0.4 is 15.0 Å². The number of carboxylic acid groups (broad SMARTS) is 1. The number of hydrogen-bond acceptors (Lipinski definition) is 4. The van der Waals surface area contributed by atoms with E-state index in [1.807, 2.05) is 6.07 Å². The van der Waals surface area contributed by atoms with Gasteiger partial charge in [0.1, 0.15) is 11.8 Å². The van der Waals surface area contributed by atoms with Crippen LogP contribution in [0.3, 0.4) is 0 Å². The number of nitrogens with zero attached hydrogens (tertiary/aromatic N) is 1. The van der Waals surface area contributed by atoms with E-state index in [0.717, 1.165) is 0 Å². The molecule has 1 aromatic carbocycles. The molecular weight excluding hydrogens is 312 g/mol. The molecule has 1 heterocycles. The average Bonchev–Trinajstić information content (AvgIpc) is 2.52. The van der Waals surface area contributed by atoms with E-state index >= 15 is 0 Å². The lowest BCUT2D eigenvalue weighted by atomic mass is 10.0. The van der Waals surface area contributed by atoms with Crippen molar-refractivity contribution in [2.45, 2.75) is 39.3 Å². The second kappa shape index (κ2) is 7.33. The highest BCUT2D eigenvalue weighted by Gasteiger charge is 2.31. The van der Waals surface area contributed by atoms with Crippen molar-refractivity contribution in [1.29, 1.82) is 0 Å². The molecule has 0 spiro atoms. The highest BCUT2D eigenvalue weighted by molar-refractivity contribution is 6.00. The summed E-state index contributed by atoms with van der Waals surface area (Å²) in [5, 5.41) is 11.6. The first-order valence-corrected chi connectivity index (χ1v) is 7.90. The predicted octanol–water partition coefficient (Wildman–Crippen LogP) is 1.42. The first kappa shape index (κ1) is 17.8. The van der Waals surface area contributed by atoms with Crippen molar-refractivity contribution in [1.82, 2.24) is 5.32 Å². The van der Waals surface area contributed by atoms with E-state index in [9.17, 15) is 14.4 Å². The van der Waals surface area contributed by atoms with E-state index in [2.05, 4.69) is 5.32 Å². The van der Waals surface area contributed by atoms with E-state index in [-0.39, 0.29) is 24.8 Å². The molecule has 0 aromatic heterocycles. The van der Waals surface area contributed by atoms with Crippen LogP contribution in [0.1, 0.15) is 27.2 Å². The van der Waals surface area contributed by atoms with Crippen LogP contribution in [0, 0.1) is 5.92 Å². The summed E-state index contributed by atoms with van der Waals surface area (Å²) < 4.78 is 5.54. The number of carbonyl (C=O) groups excluding carboxylic acids is 2. The molecule has 2 atom stereocenters. The fourth-order valence-corrected chi connectivity index (χ4v) is 2.56. The van der Waals surface area contributed by atoms with Crippen LogP contribution >= 0.6 is 0 Å². The van der Waals surface area contributed by atoms with Crippen LogP contribution in [0.25, 0.3) is 0 Å². The van der Waals surface area contributed by atoms with Crippen molar-refractivity contribution in [3.63, 3.8) is 0 Å². The van der Waals surface area contributed by atoms with Gasteiger partial charge in [0.15, 0.2) is 6.10 Å². The Kier molecular flexibility index (Phi) is 5.43. The first-order chi connectivity index (χ1) is 11.3. The number of para-hydroxylation sites is 2. The lowest BCUT2D eigenvalue weighted by Crippen LogP contribution is -2.48. The number of amides is 2. The zero-order valence-electron chi connectivity index (χ0n) is 14.0. The quantitative estimate of drug-likeness (QED) is 0.820. The lowest BCUT2D eigenvalue weighted by Gasteiger charge is -2.33. The Labute approximate surface area is 140 Å². The molecule has 1 aromatic rings. The third-order valence-electron chi connectivity index (χ3n) is 3.89. The SMILES string of the molecule is CC(C)[C@@H](NC(=O)CCN1C(=O)[C@@H](C)Oc2ccccc21)C(=O)O. The van der Waals surface area contributed by atoms with Crippen LogP contribution in [0.15, 0.2) is 24.3 Å². The minimum atomic E-state index is -1.07. The molecule has 0 saturated carbocycles. The van der Waals surface area contributed by atoms with Crippen molar-refractivity contribution in [3.8, 4) is 5.75 Å². The maximum absolute atomic E-state index is 12.3. The summed E-state index contributed by atoms with van der Waals surface area (Å²) in [7, 11) is 0. The molecule has 24 heavy (non-hydrogen) atoms.